The molecule has 0 spiro atoms. The zero-order valence-electron chi connectivity index (χ0n) is 13.2. The molecule has 2 rings (SSSR count). The predicted octanol–water partition coefficient (Wildman–Crippen LogP) is 2.41. The van der Waals surface area contributed by atoms with Crippen molar-refractivity contribution < 1.29 is 14.6 Å². The number of hydrogen-bond acceptors (Lipinski definition) is 3. The molecule has 1 atom stereocenters. The summed E-state index contributed by atoms with van der Waals surface area (Å²) in [7, 11) is 0. The number of ether oxygens (including phenoxy) is 1. The van der Waals surface area contributed by atoms with Crippen LogP contribution >= 0.6 is 0 Å². The lowest BCUT2D eigenvalue weighted by Crippen LogP contribution is -2.40. The van der Waals surface area contributed by atoms with Crippen LogP contribution in [0.2, 0.25) is 0 Å². The van der Waals surface area contributed by atoms with Gasteiger partial charge in [0.2, 0.25) is 0 Å². The number of aliphatic hydroxyl groups is 1. The van der Waals surface area contributed by atoms with Crippen LogP contribution in [-0.2, 0) is 0 Å². The van der Waals surface area contributed by atoms with Gasteiger partial charge in [-0.25, -0.2) is 4.79 Å². The molecule has 0 aliphatic heterocycles. The van der Waals surface area contributed by atoms with Crippen molar-refractivity contribution in [1.82, 2.24) is 10.6 Å². The Bertz CT molecular complexity index is 617. The molecule has 0 aromatic heterocycles. The molecule has 0 aliphatic carbocycles. The van der Waals surface area contributed by atoms with Crippen molar-refractivity contribution in [2.75, 3.05) is 19.8 Å². The molecule has 0 bridgehead atoms. The van der Waals surface area contributed by atoms with Gasteiger partial charge in [-0.2, -0.15) is 0 Å². The molecule has 2 aromatic carbocycles. The number of carbonyl (C=O) groups is 1. The summed E-state index contributed by atoms with van der Waals surface area (Å²) in [5.74, 6) is 0.782. The van der Waals surface area contributed by atoms with E-state index < -0.39 is 6.04 Å². The lowest BCUT2D eigenvalue weighted by molar-refractivity contribution is 0.214. The van der Waals surface area contributed by atoms with Crippen molar-refractivity contribution in [3.05, 3.63) is 65.7 Å². The Morgan fingerprint density at radius 1 is 1.17 bits per heavy atom. The minimum absolute atomic E-state index is 0.156. The normalized spacial score (nSPS) is 11.6. The van der Waals surface area contributed by atoms with E-state index in [4.69, 9.17) is 4.74 Å². The summed E-state index contributed by atoms with van der Waals surface area (Å²) >= 11 is 0. The van der Waals surface area contributed by atoms with E-state index in [-0.39, 0.29) is 12.6 Å². The molecule has 122 valence electrons. The molecule has 0 saturated carbocycles. The number of carbonyl (C=O) groups excluding carboxylic acids is 1. The van der Waals surface area contributed by atoms with E-state index in [2.05, 4.69) is 10.6 Å². The van der Waals surface area contributed by atoms with Gasteiger partial charge in [0, 0.05) is 0 Å². The first kappa shape index (κ1) is 16.8. The number of aliphatic hydroxyl groups excluding tert-OH is 1. The van der Waals surface area contributed by atoms with E-state index >= 15 is 0 Å². The average Bonchev–Trinajstić information content (AvgIpc) is 2.57. The van der Waals surface area contributed by atoms with Crippen molar-refractivity contribution in [2.45, 2.75) is 13.0 Å². The zero-order chi connectivity index (χ0) is 16.5. The van der Waals surface area contributed by atoms with Gasteiger partial charge >= 0.3 is 6.03 Å². The first-order valence-electron chi connectivity index (χ1n) is 7.58. The van der Waals surface area contributed by atoms with Gasteiger partial charge < -0.3 is 20.5 Å². The van der Waals surface area contributed by atoms with Gasteiger partial charge in [-0.3, -0.25) is 0 Å². The van der Waals surface area contributed by atoms with Crippen molar-refractivity contribution in [1.29, 1.82) is 0 Å². The molecule has 2 aromatic rings. The zero-order valence-corrected chi connectivity index (χ0v) is 13.2. The molecule has 23 heavy (non-hydrogen) atoms. The second-order valence-corrected chi connectivity index (χ2v) is 5.21. The fraction of sp³-hybridized carbons (Fsp3) is 0.278. The number of rotatable bonds is 7. The number of aryl methyl sites for hydroxylation is 1. The minimum atomic E-state index is -0.422. The predicted molar refractivity (Wildman–Crippen MR) is 89.5 cm³/mol. The second-order valence-electron chi connectivity index (χ2n) is 5.21. The van der Waals surface area contributed by atoms with Crippen LogP contribution in [0.5, 0.6) is 5.75 Å². The average molecular weight is 314 g/mol. The number of amides is 2. The number of hydrogen-bond donors (Lipinski definition) is 3. The van der Waals surface area contributed by atoms with Crippen molar-refractivity contribution in [3.63, 3.8) is 0 Å². The van der Waals surface area contributed by atoms with Gasteiger partial charge in [-0.1, -0.05) is 42.5 Å². The van der Waals surface area contributed by atoms with Gasteiger partial charge in [0.25, 0.3) is 0 Å². The van der Waals surface area contributed by atoms with Crippen LogP contribution < -0.4 is 15.4 Å². The fourth-order valence-electron chi connectivity index (χ4n) is 2.17. The van der Waals surface area contributed by atoms with E-state index in [0.717, 1.165) is 16.9 Å². The Morgan fingerprint density at radius 2 is 1.96 bits per heavy atom. The monoisotopic (exact) mass is 314 g/mol. The van der Waals surface area contributed by atoms with Gasteiger partial charge in [0.05, 0.1) is 19.2 Å². The molecular formula is C18H22N2O3. The van der Waals surface area contributed by atoms with Crippen molar-refractivity contribution in [2.24, 2.45) is 0 Å². The van der Waals surface area contributed by atoms with E-state index in [1.165, 1.54) is 0 Å². The van der Waals surface area contributed by atoms with Crippen LogP contribution in [-0.4, -0.2) is 30.9 Å². The molecular weight excluding hydrogens is 292 g/mol. The number of benzene rings is 2. The first-order valence-corrected chi connectivity index (χ1v) is 7.58. The lowest BCUT2D eigenvalue weighted by Gasteiger charge is -2.17. The van der Waals surface area contributed by atoms with E-state index in [9.17, 15) is 9.90 Å². The summed E-state index contributed by atoms with van der Waals surface area (Å²) in [6, 6.07) is 16.3. The van der Waals surface area contributed by atoms with Gasteiger partial charge in [0.15, 0.2) is 0 Å². The highest BCUT2D eigenvalue weighted by atomic mass is 16.5. The number of nitrogens with one attached hydrogen (secondary N) is 2. The molecule has 0 radical (unpaired) electrons. The Balaban J connectivity index is 1.72. The fourth-order valence-corrected chi connectivity index (χ4v) is 2.17. The maximum absolute atomic E-state index is 11.9. The summed E-state index contributed by atoms with van der Waals surface area (Å²) < 4.78 is 5.56. The largest absolute Gasteiger partial charge is 0.492 e. The molecule has 0 fully saturated rings. The van der Waals surface area contributed by atoms with E-state index in [1.54, 1.807) is 0 Å². The molecule has 5 heteroatoms. The third-order valence-electron chi connectivity index (χ3n) is 3.34. The maximum atomic E-state index is 11.9. The van der Waals surface area contributed by atoms with Crippen LogP contribution in [0.15, 0.2) is 54.6 Å². The highest BCUT2D eigenvalue weighted by Crippen LogP contribution is 2.12. The highest BCUT2D eigenvalue weighted by Gasteiger charge is 2.12. The SMILES string of the molecule is Cc1cccc(OCCNC(=O)NC(CO)c2ccccc2)c1. The Morgan fingerprint density at radius 3 is 2.65 bits per heavy atom. The summed E-state index contributed by atoms with van der Waals surface area (Å²) in [5, 5.41) is 14.9. The summed E-state index contributed by atoms with van der Waals surface area (Å²) in [4.78, 5) is 11.9. The smallest absolute Gasteiger partial charge is 0.315 e. The van der Waals surface area contributed by atoms with Gasteiger partial charge in [0.1, 0.15) is 12.4 Å². The van der Waals surface area contributed by atoms with Crippen LogP contribution in [0.4, 0.5) is 4.79 Å². The molecule has 0 aliphatic rings. The summed E-state index contributed by atoms with van der Waals surface area (Å²) in [5.41, 5.74) is 1.99. The topological polar surface area (TPSA) is 70.6 Å². The molecule has 1 unspecified atom stereocenters. The molecule has 2 amide bonds. The summed E-state index contributed by atoms with van der Waals surface area (Å²) in [6.07, 6.45) is 0. The van der Waals surface area contributed by atoms with Crippen LogP contribution in [0.3, 0.4) is 0 Å². The Labute approximate surface area is 136 Å². The van der Waals surface area contributed by atoms with E-state index in [1.807, 2.05) is 61.5 Å². The Kier molecular flexibility index (Phi) is 6.44. The molecule has 0 heterocycles. The van der Waals surface area contributed by atoms with Gasteiger partial charge in [-0.05, 0) is 30.2 Å². The van der Waals surface area contributed by atoms with Crippen LogP contribution in [0, 0.1) is 6.92 Å². The standard InChI is InChI=1S/C18H22N2O3/c1-14-6-5-9-16(12-14)23-11-10-19-18(22)20-17(13-21)15-7-3-2-4-8-15/h2-9,12,17,21H,10-11,13H2,1H3,(H2,19,20,22). The quantitative estimate of drug-likeness (QED) is 0.687. The summed E-state index contributed by atoms with van der Waals surface area (Å²) in [6.45, 7) is 2.60. The number of urea groups is 1. The molecule has 5 nitrogen and oxygen atoms in total. The molecule has 3 N–H and O–H groups in total. The third kappa shape index (κ3) is 5.64. The van der Waals surface area contributed by atoms with Crippen molar-refractivity contribution in [3.8, 4) is 5.75 Å². The van der Waals surface area contributed by atoms with Crippen LogP contribution in [0.1, 0.15) is 17.2 Å². The Hall–Kier alpha value is -2.53. The highest BCUT2D eigenvalue weighted by molar-refractivity contribution is 5.74. The minimum Gasteiger partial charge on any atom is -0.492 e. The second kappa shape index (κ2) is 8.80. The lowest BCUT2D eigenvalue weighted by atomic mass is 10.1. The molecule has 0 saturated heterocycles. The first-order chi connectivity index (χ1) is 11.2. The van der Waals surface area contributed by atoms with Crippen LogP contribution in [0.25, 0.3) is 0 Å². The van der Waals surface area contributed by atoms with E-state index in [0.29, 0.717) is 13.2 Å². The van der Waals surface area contributed by atoms with Gasteiger partial charge in [-0.15, -0.1) is 0 Å². The van der Waals surface area contributed by atoms with Crippen molar-refractivity contribution >= 4 is 6.03 Å². The maximum Gasteiger partial charge on any atom is 0.315 e. The third-order valence-corrected chi connectivity index (χ3v) is 3.34.